The zero-order chi connectivity index (χ0) is 20.4. The molecule has 0 saturated heterocycles. The highest BCUT2D eigenvalue weighted by Gasteiger charge is 2.28. The van der Waals surface area contributed by atoms with Crippen molar-refractivity contribution >= 4 is 29.3 Å². The van der Waals surface area contributed by atoms with Gasteiger partial charge in [0.1, 0.15) is 17.3 Å². The van der Waals surface area contributed by atoms with Gasteiger partial charge in [0, 0.05) is 22.1 Å². The van der Waals surface area contributed by atoms with E-state index in [0.29, 0.717) is 22.3 Å². The highest BCUT2D eigenvalue weighted by molar-refractivity contribution is 8.00. The van der Waals surface area contributed by atoms with Crippen LogP contribution in [0.2, 0.25) is 0 Å². The van der Waals surface area contributed by atoms with Crippen LogP contribution in [0, 0.1) is 5.82 Å². The van der Waals surface area contributed by atoms with Crippen molar-refractivity contribution in [1.29, 1.82) is 0 Å². The first kappa shape index (κ1) is 19.4. The number of carbonyl (C=O) groups excluding carboxylic acids is 2. The molecule has 1 aliphatic carbocycles. The van der Waals surface area contributed by atoms with Gasteiger partial charge in [-0.25, -0.2) is 9.37 Å². The Morgan fingerprint density at radius 3 is 2.62 bits per heavy atom. The van der Waals surface area contributed by atoms with Crippen molar-refractivity contribution in [1.82, 2.24) is 9.55 Å². The van der Waals surface area contributed by atoms with E-state index in [1.54, 1.807) is 12.4 Å². The molecule has 5 nitrogen and oxygen atoms in total. The number of imidazole rings is 1. The lowest BCUT2D eigenvalue weighted by atomic mass is 10.1. The first-order valence-corrected chi connectivity index (χ1v) is 10.4. The van der Waals surface area contributed by atoms with Gasteiger partial charge in [0.25, 0.3) is 0 Å². The SMILES string of the molecule is CC(=O)c1ccc(SCC(=O)Nc2c(-c3ccccc3)ncn2C2CC2)c(F)c1. The van der Waals surface area contributed by atoms with E-state index >= 15 is 0 Å². The summed E-state index contributed by atoms with van der Waals surface area (Å²) in [6.45, 7) is 1.39. The number of benzene rings is 2. The second-order valence-corrected chi connectivity index (χ2v) is 8.00. The average Bonchev–Trinajstić information content (AvgIpc) is 3.48. The molecule has 1 aliphatic rings. The van der Waals surface area contributed by atoms with Crippen molar-refractivity contribution in [2.45, 2.75) is 30.7 Å². The lowest BCUT2D eigenvalue weighted by molar-refractivity contribution is -0.113. The Labute approximate surface area is 172 Å². The van der Waals surface area contributed by atoms with Crippen LogP contribution in [0.15, 0.2) is 59.8 Å². The quantitative estimate of drug-likeness (QED) is 0.443. The van der Waals surface area contributed by atoms with Gasteiger partial charge in [-0.05, 0) is 31.9 Å². The van der Waals surface area contributed by atoms with E-state index in [4.69, 9.17) is 0 Å². The number of carbonyl (C=O) groups is 2. The maximum Gasteiger partial charge on any atom is 0.235 e. The third-order valence-corrected chi connectivity index (χ3v) is 5.78. The summed E-state index contributed by atoms with van der Waals surface area (Å²) in [7, 11) is 0. The number of halogens is 1. The minimum absolute atomic E-state index is 0.0560. The Hall–Kier alpha value is -2.93. The highest BCUT2D eigenvalue weighted by atomic mass is 32.2. The number of hydrogen-bond acceptors (Lipinski definition) is 4. The van der Waals surface area contributed by atoms with Crippen LogP contribution in [-0.2, 0) is 4.79 Å². The maximum atomic E-state index is 14.2. The van der Waals surface area contributed by atoms with Gasteiger partial charge < -0.3 is 9.88 Å². The maximum absolute atomic E-state index is 14.2. The number of thioether (sulfide) groups is 1. The van der Waals surface area contributed by atoms with E-state index in [0.717, 1.165) is 35.9 Å². The summed E-state index contributed by atoms with van der Waals surface area (Å²) in [5, 5.41) is 2.96. The van der Waals surface area contributed by atoms with Gasteiger partial charge in [-0.3, -0.25) is 9.59 Å². The van der Waals surface area contributed by atoms with E-state index in [1.165, 1.54) is 19.1 Å². The van der Waals surface area contributed by atoms with Gasteiger partial charge in [-0.15, -0.1) is 11.8 Å². The van der Waals surface area contributed by atoms with Gasteiger partial charge >= 0.3 is 0 Å². The molecule has 1 aromatic heterocycles. The molecule has 1 amide bonds. The van der Waals surface area contributed by atoms with Crippen LogP contribution >= 0.6 is 11.8 Å². The number of Topliss-reactive ketones (excluding diaryl/α,β-unsaturated/α-hetero) is 1. The Balaban J connectivity index is 1.49. The molecule has 2 aromatic carbocycles. The summed E-state index contributed by atoms with van der Waals surface area (Å²) in [6.07, 6.45) is 3.90. The zero-order valence-electron chi connectivity index (χ0n) is 15.9. The number of nitrogens with zero attached hydrogens (tertiary/aromatic N) is 2. The molecule has 0 unspecified atom stereocenters. The Morgan fingerprint density at radius 1 is 1.21 bits per heavy atom. The van der Waals surface area contributed by atoms with Crippen LogP contribution in [0.3, 0.4) is 0 Å². The molecule has 0 spiro atoms. The minimum atomic E-state index is -0.497. The Kier molecular flexibility index (Phi) is 5.49. The summed E-state index contributed by atoms with van der Waals surface area (Å²) in [5.74, 6) is -0.190. The van der Waals surface area contributed by atoms with E-state index in [9.17, 15) is 14.0 Å². The summed E-state index contributed by atoms with van der Waals surface area (Å²) in [6, 6.07) is 14.4. The number of rotatable bonds is 7. The van der Waals surface area contributed by atoms with Gasteiger partial charge in [0.05, 0.1) is 12.1 Å². The molecule has 1 heterocycles. The van der Waals surface area contributed by atoms with Crippen molar-refractivity contribution < 1.29 is 14.0 Å². The summed E-state index contributed by atoms with van der Waals surface area (Å²) < 4.78 is 16.2. The first-order valence-electron chi connectivity index (χ1n) is 9.38. The molecule has 1 saturated carbocycles. The highest BCUT2D eigenvalue weighted by Crippen LogP contribution is 2.40. The molecule has 29 heavy (non-hydrogen) atoms. The smallest absolute Gasteiger partial charge is 0.235 e. The van der Waals surface area contributed by atoms with Crippen molar-refractivity contribution in [3.05, 3.63) is 66.2 Å². The van der Waals surface area contributed by atoms with Crippen molar-refractivity contribution in [2.24, 2.45) is 0 Å². The summed E-state index contributed by atoms with van der Waals surface area (Å²) >= 11 is 1.10. The number of aromatic nitrogens is 2. The van der Waals surface area contributed by atoms with Gasteiger partial charge in [-0.1, -0.05) is 36.4 Å². The van der Waals surface area contributed by atoms with Crippen molar-refractivity contribution in [2.75, 3.05) is 11.1 Å². The Morgan fingerprint density at radius 2 is 1.97 bits per heavy atom. The molecule has 1 fully saturated rings. The lowest BCUT2D eigenvalue weighted by Gasteiger charge is -2.11. The van der Waals surface area contributed by atoms with Crippen LogP contribution in [0.1, 0.15) is 36.2 Å². The van der Waals surface area contributed by atoms with Crippen LogP contribution < -0.4 is 5.32 Å². The molecule has 0 aliphatic heterocycles. The topological polar surface area (TPSA) is 64.0 Å². The van der Waals surface area contributed by atoms with Crippen LogP contribution in [0.4, 0.5) is 10.2 Å². The molecule has 0 radical (unpaired) electrons. The van der Waals surface area contributed by atoms with Gasteiger partial charge in [-0.2, -0.15) is 0 Å². The molecule has 0 atom stereocenters. The van der Waals surface area contributed by atoms with Crippen LogP contribution in [0.25, 0.3) is 11.3 Å². The number of ketones is 1. The lowest BCUT2D eigenvalue weighted by Crippen LogP contribution is -2.17. The van der Waals surface area contributed by atoms with E-state index in [-0.39, 0.29) is 17.4 Å². The van der Waals surface area contributed by atoms with E-state index < -0.39 is 5.82 Å². The van der Waals surface area contributed by atoms with Crippen molar-refractivity contribution in [3.8, 4) is 11.3 Å². The largest absolute Gasteiger partial charge is 0.314 e. The van der Waals surface area contributed by atoms with Gasteiger partial charge in [0.15, 0.2) is 5.78 Å². The standard InChI is InChI=1S/C22H20FN3O2S/c1-14(27)16-7-10-19(18(23)11-16)29-12-20(28)25-22-21(15-5-3-2-4-6-15)24-13-26(22)17-8-9-17/h2-7,10-11,13,17H,8-9,12H2,1H3,(H,25,28). The molecular weight excluding hydrogens is 389 g/mol. The molecule has 1 N–H and O–H groups in total. The molecule has 4 rings (SSSR count). The second-order valence-electron chi connectivity index (χ2n) is 6.98. The third kappa shape index (κ3) is 4.40. The van der Waals surface area contributed by atoms with Crippen LogP contribution in [0.5, 0.6) is 0 Å². The monoisotopic (exact) mass is 409 g/mol. The van der Waals surface area contributed by atoms with E-state index in [2.05, 4.69) is 10.3 Å². The molecule has 0 bridgehead atoms. The molecule has 148 valence electrons. The number of amides is 1. The zero-order valence-corrected chi connectivity index (χ0v) is 16.7. The van der Waals surface area contributed by atoms with E-state index in [1.807, 2.05) is 34.9 Å². The predicted molar refractivity (Wildman–Crippen MR) is 112 cm³/mol. The summed E-state index contributed by atoms with van der Waals surface area (Å²) in [5.41, 5.74) is 1.98. The fourth-order valence-corrected chi connectivity index (χ4v) is 3.79. The fraction of sp³-hybridized carbons (Fsp3) is 0.227. The van der Waals surface area contributed by atoms with Crippen molar-refractivity contribution in [3.63, 3.8) is 0 Å². The minimum Gasteiger partial charge on any atom is -0.314 e. The Bertz CT molecular complexity index is 1060. The number of hydrogen-bond donors (Lipinski definition) is 1. The van der Waals surface area contributed by atoms with Gasteiger partial charge in [0.2, 0.25) is 5.91 Å². The molecule has 3 aromatic rings. The fourth-order valence-electron chi connectivity index (χ4n) is 3.07. The second kappa shape index (κ2) is 8.21. The molecule has 7 heteroatoms. The predicted octanol–water partition coefficient (Wildman–Crippen LogP) is 4.96. The number of nitrogens with one attached hydrogen (secondary N) is 1. The third-order valence-electron chi connectivity index (χ3n) is 4.74. The number of anilines is 1. The van der Waals surface area contributed by atoms with Crippen LogP contribution in [-0.4, -0.2) is 27.0 Å². The first-order chi connectivity index (χ1) is 14.0. The normalized spacial score (nSPS) is 13.3. The average molecular weight is 409 g/mol. The summed E-state index contributed by atoms with van der Waals surface area (Å²) in [4.78, 5) is 28.8. The molecular formula is C22H20FN3O2S.